The molecule has 8 nitrogen and oxygen atoms in total. The quantitative estimate of drug-likeness (QED) is 0.644. The first-order valence-corrected chi connectivity index (χ1v) is 8.63. The van der Waals surface area contributed by atoms with E-state index in [-0.39, 0.29) is 24.7 Å². The Balaban J connectivity index is 1.53. The molecule has 3 aromatic heterocycles. The summed E-state index contributed by atoms with van der Waals surface area (Å²) in [5, 5.41) is 11.1. The van der Waals surface area contributed by atoms with E-state index in [9.17, 15) is 9.59 Å². The summed E-state index contributed by atoms with van der Waals surface area (Å²) in [7, 11) is 0. The van der Waals surface area contributed by atoms with Crippen molar-refractivity contribution in [3.05, 3.63) is 53.3 Å². The van der Waals surface area contributed by atoms with Gasteiger partial charge < -0.3 is 9.84 Å². The van der Waals surface area contributed by atoms with E-state index in [0.29, 0.717) is 29.3 Å². The third-order valence-electron chi connectivity index (χ3n) is 4.26. The Hall–Kier alpha value is -3.29. The van der Waals surface area contributed by atoms with Crippen LogP contribution in [0.15, 0.2) is 35.1 Å². The number of aromatic nitrogens is 4. The number of Topliss-reactive ketones (excluding diaryl/α,β-unsaturated/α-hetero) is 1. The van der Waals surface area contributed by atoms with Crippen molar-refractivity contribution in [2.75, 3.05) is 0 Å². The number of hydrogen-bond donors (Lipinski definition) is 1. The van der Waals surface area contributed by atoms with Gasteiger partial charge in [0.2, 0.25) is 5.91 Å². The van der Waals surface area contributed by atoms with Gasteiger partial charge in [0, 0.05) is 42.7 Å². The van der Waals surface area contributed by atoms with Crippen molar-refractivity contribution in [2.24, 2.45) is 0 Å². The molecule has 0 bridgehead atoms. The van der Waals surface area contributed by atoms with Crippen molar-refractivity contribution in [1.82, 2.24) is 25.2 Å². The second-order valence-electron chi connectivity index (χ2n) is 6.27. The van der Waals surface area contributed by atoms with Gasteiger partial charge in [-0.15, -0.1) is 0 Å². The van der Waals surface area contributed by atoms with Crippen molar-refractivity contribution in [2.45, 2.75) is 40.3 Å². The standard InChI is InChI=1S/C19H21N5O3/c1-12-19(14(3)25)13(2)24(22-12)8-6-18(26)21-11-16-9-17(23-27-16)15-5-4-7-20-10-15/h4-5,7,9-10H,6,8,11H2,1-3H3,(H,21,26). The Morgan fingerprint density at radius 1 is 1.30 bits per heavy atom. The van der Waals surface area contributed by atoms with Crippen LogP contribution in [0.4, 0.5) is 0 Å². The van der Waals surface area contributed by atoms with Crippen molar-refractivity contribution < 1.29 is 14.1 Å². The summed E-state index contributed by atoms with van der Waals surface area (Å²) in [6, 6.07) is 5.48. The van der Waals surface area contributed by atoms with E-state index in [1.54, 1.807) is 30.1 Å². The van der Waals surface area contributed by atoms with Gasteiger partial charge in [0.05, 0.1) is 17.8 Å². The first-order chi connectivity index (χ1) is 13.0. The Labute approximate surface area is 156 Å². The number of carbonyl (C=O) groups excluding carboxylic acids is 2. The van der Waals surface area contributed by atoms with Crippen LogP contribution in [0.3, 0.4) is 0 Å². The van der Waals surface area contributed by atoms with Crippen molar-refractivity contribution in [3.8, 4) is 11.3 Å². The number of pyridine rings is 1. The molecule has 27 heavy (non-hydrogen) atoms. The van der Waals surface area contributed by atoms with E-state index in [2.05, 4.69) is 20.6 Å². The highest BCUT2D eigenvalue weighted by molar-refractivity contribution is 5.96. The molecular weight excluding hydrogens is 346 g/mol. The van der Waals surface area contributed by atoms with E-state index in [1.165, 1.54) is 6.92 Å². The van der Waals surface area contributed by atoms with Gasteiger partial charge in [0.25, 0.3) is 0 Å². The summed E-state index contributed by atoms with van der Waals surface area (Å²) >= 11 is 0. The number of nitrogens with one attached hydrogen (secondary N) is 1. The summed E-state index contributed by atoms with van der Waals surface area (Å²) in [5.74, 6) is 0.411. The maximum absolute atomic E-state index is 12.1. The molecular formula is C19H21N5O3. The lowest BCUT2D eigenvalue weighted by Crippen LogP contribution is -2.24. The molecule has 140 valence electrons. The Kier molecular flexibility index (Phi) is 5.44. The van der Waals surface area contributed by atoms with E-state index in [0.717, 1.165) is 11.3 Å². The molecule has 3 aromatic rings. The van der Waals surface area contributed by atoms with E-state index in [1.807, 2.05) is 19.1 Å². The second kappa shape index (κ2) is 7.94. The minimum absolute atomic E-state index is 0.0181. The number of carbonyl (C=O) groups is 2. The van der Waals surface area contributed by atoms with E-state index in [4.69, 9.17) is 4.52 Å². The molecule has 0 aromatic carbocycles. The van der Waals surface area contributed by atoms with Crippen LogP contribution in [-0.4, -0.2) is 31.6 Å². The zero-order valence-corrected chi connectivity index (χ0v) is 15.5. The maximum atomic E-state index is 12.1. The number of aryl methyl sites for hydroxylation is 2. The molecule has 0 atom stereocenters. The molecule has 1 amide bonds. The van der Waals surface area contributed by atoms with Gasteiger partial charge in [0.15, 0.2) is 11.5 Å². The number of nitrogens with zero attached hydrogens (tertiary/aromatic N) is 4. The Bertz CT molecular complexity index is 959. The minimum Gasteiger partial charge on any atom is -0.359 e. The normalized spacial score (nSPS) is 10.8. The second-order valence-corrected chi connectivity index (χ2v) is 6.27. The highest BCUT2D eigenvalue weighted by Crippen LogP contribution is 2.17. The average molecular weight is 367 g/mol. The van der Waals surface area contributed by atoms with Crippen LogP contribution in [0.1, 0.15) is 40.9 Å². The molecule has 1 N–H and O–H groups in total. The van der Waals surface area contributed by atoms with Crippen molar-refractivity contribution >= 4 is 11.7 Å². The van der Waals surface area contributed by atoms with Crippen LogP contribution in [0.5, 0.6) is 0 Å². The fourth-order valence-electron chi connectivity index (χ4n) is 2.95. The molecule has 0 aliphatic rings. The molecule has 0 unspecified atom stereocenters. The fourth-order valence-corrected chi connectivity index (χ4v) is 2.95. The third-order valence-corrected chi connectivity index (χ3v) is 4.26. The molecule has 3 heterocycles. The highest BCUT2D eigenvalue weighted by atomic mass is 16.5. The first kappa shape index (κ1) is 18.5. The zero-order chi connectivity index (χ0) is 19.4. The SMILES string of the molecule is CC(=O)c1c(C)nn(CCC(=O)NCc2cc(-c3cccnc3)no2)c1C. The molecule has 0 saturated carbocycles. The fraction of sp³-hybridized carbons (Fsp3) is 0.316. The number of amides is 1. The first-order valence-electron chi connectivity index (χ1n) is 8.63. The molecule has 8 heteroatoms. The number of ketones is 1. The summed E-state index contributed by atoms with van der Waals surface area (Å²) in [4.78, 5) is 27.8. The number of hydrogen-bond acceptors (Lipinski definition) is 6. The molecule has 3 rings (SSSR count). The zero-order valence-electron chi connectivity index (χ0n) is 15.5. The summed E-state index contributed by atoms with van der Waals surface area (Å²) in [6.45, 7) is 5.81. The predicted octanol–water partition coefficient (Wildman–Crippen LogP) is 2.46. The topological polar surface area (TPSA) is 103 Å². The third kappa shape index (κ3) is 4.28. The van der Waals surface area contributed by atoms with Gasteiger partial charge >= 0.3 is 0 Å². The Morgan fingerprint density at radius 2 is 2.11 bits per heavy atom. The summed E-state index contributed by atoms with van der Waals surface area (Å²) in [5.41, 5.74) is 3.62. The van der Waals surface area contributed by atoms with Crippen molar-refractivity contribution in [1.29, 1.82) is 0 Å². The average Bonchev–Trinajstić information content (AvgIpc) is 3.23. The van der Waals surface area contributed by atoms with Gasteiger partial charge in [0.1, 0.15) is 5.69 Å². The smallest absolute Gasteiger partial charge is 0.222 e. The Morgan fingerprint density at radius 3 is 2.78 bits per heavy atom. The van der Waals surface area contributed by atoms with E-state index >= 15 is 0 Å². The van der Waals surface area contributed by atoms with E-state index < -0.39 is 0 Å². The monoisotopic (exact) mass is 367 g/mol. The molecule has 0 saturated heterocycles. The predicted molar refractivity (Wildman–Crippen MR) is 97.9 cm³/mol. The van der Waals surface area contributed by atoms with Crippen molar-refractivity contribution in [3.63, 3.8) is 0 Å². The van der Waals surface area contributed by atoms with Gasteiger partial charge in [-0.3, -0.25) is 19.3 Å². The highest BCUT2D eigenvalue weighted by Gasteiger charge is 2.16. The molecule has 0 radical (unpaired) electrons. The number of rotatable bonds is 7. The largest absolute Gasteiger partial charge is 0.359 e. The van der Waals surface area contributed by atoms with Crippen LogP contribution < -0.4 is 5.32 Å². The molecule has 0 fully saturated rings. The van der Waals surface area contributed by atoms with Gasteiger partial charge in [-0.1, -0.05) is 5.16 Å². The van der Waals surface area contributed by atoms with Crippen LogP contribution in [-0.2, 0) is 17.9 Å². The van der Waals surface area contributed by atoms with Gasteiger partial charge in [-0.25, -0.2) is 0 Å². The lowest BCUT2D eigenvalue weighted by molar-refractivity contribution is -0.121. The summed E-state index contributed by atoms with van der Waals surface area (Å²) < 4.78 is 6.94. The van der Waals surface area contributed by atoms with Crippen LogP contribution in [0, 0.1) is 13.8 Å². The molecule has 0 aliphatic carbocycles. The molecule has 0 spiro atoms. The minimum atomic E-state index is -0.133. The van der Waals surface area contributed by atoms with Crippen LogP contribution >= 0.6 is 0 Å². The van der Waals surface area contributed by atoms with Crippen LogP contribution in [0.2, 0.25) is 0 Å². The van der Waals surface area contributed by atoms with Gasteiger partial charge in [-0.05, 0) is 32.9 Å². The summed E-state index contributed by atoms with van der Waals surface area (Å²) in [6.07, 6.45) is 3.64. The maximum Gasteiger partial charge on any atom is 0.222 e. The lowest BCUT2D eigenvalue weighted by atomic mass is 10.1. The van der Waals surface area contributed by atoms with Gasteiger partial charge in [-0.2, -0.15) is 5.10 Å². The lowest BCUT2D eigenvalue weighted by Gasteiger charge is -2.05. The van der Waals surface area contributed by atoms with Crippen LogP contribution in [0.25, 0.3) is 11.3 Å². The molecule has 0 aliphatic heterocycles.